The zero-order chi connectivity index (χ0) is 15.7. The SMILES string of the molecule is CO[C@H]1C[C@@H](C(=O)N2CCN(c3nccn3C)CC2)N(C)C1. The van der Waals surface area contributed by atoms with Crippen LogP contribution in [-0.2, 0) is 16.6 Å². The number of likely N-dealkylation sites (N-methyl/N-ethyl adjacent to an activating group) is 1. The number of nitrogens with zero attached hydrogens (tertiary/aromatic N) is 5. The molecule has 2 aliphatic rings. The van der Waals surface area contributed by atoms with Crippen molar-refractivity contribution in [1.82, 2.24) is 19.4 Å². The van der Waals surface area contributed by atoms with Gasteiger partial charge in [-0.15, -0.1) is 0 Å². The van der Waals surface area contributed by atoms with Crippen molar-refractivity contribution in [2.75, 3.05) is 51.8 Å². The van der Waals surface area contributed by atoms with Gasteiger partial charge in [-0.25, -0.2) is 4.98 Å². The molecule has 0 bridgehead atoms. The number of amides is 1. The number of anilines is 1. The number of rotatable bonds is 3. The smallest absolute Gasteiger partial charge is 0.240 e. The Hall–Kier alpha value is -1.60. The molecule has 0 saturated carbocycles. The molecule has 0 unspecified atom stereocenters. The summed E-state index contributed by atoms with van der Waals surface area (Å²) in [6, 6.07) is -0.0374. The second-order valence-electron chi connectivity index (χ2n) is 6.20. The molecule has 2 fully saturated rings. The lowest BCUT2D eigenvalue weighted by molar-refractivity contribution is -0.135. The van der Waals surface area contributed by atoms with Crippen LogP contribution in [0, 0.1) is 0 Å². The molecule has 1 amide bonds. The van der Waals surface area contributed by atoms with Crippen LogP contribution in [0.5, 0.6) is 0 Å². The second kappa shape index (κ2) is 6.26. The molecule has 7 heteroatoms. The van der Waals surface area contributed by atoms with Gasteiger partial charge in [-0.05, 0) is 13.5 Å². The molecule has 1 aromatic heterocycles. The fourth-order valence-corrected chi connectivity index (χ4v) is 3.41. The Morgan fingerprint density at radius 3 is 2.55 bits per heavy atom. The third-order valence-corrected chi connectivity index (χ3v) is 4.80. The standard InChI is InChI=1S/C15H25N5O2/c1-17-5-4-16-15(17)20-8-6-19(7-9-20)14(21)13-10-12(22-3)11-18(13)2/h4-5,12-13H,6-11H2,1-3H3/t12-,13-/m0/s1. The molecule has 0 spiro atoms. The fraction of sp³-hybridized carbons (Fsp3) is 0.733. The molecular formula is C15H25N5O2. The number of carbonyl (C=O) groups excluding carboxylic acids is 1. The average molecular weight is 307 g/mol. The number of likely N-dealkylation sites (tertiary alicyclic amines) is 1. The van der Waals surface area contributed by atoms with Gasteiger partial charge in [-0.3, -0.25) is 9.69 Å². The number of aryl methyl sites for hydroxylation is 1. The summed E-state index contributed by atoms with van der Waals surface area (Å²) in [7, 11) is 5.72. The molecule has 3 heterocycles. The summed E-state index contributed by atoms with van der Waals surface area (Å²) in [5.74, 6) is 1.21. The molecule has 7 nitrogen and oxygen atoms in total. The minimum Gasteiger partial charge on any atom is -0.380 e. The summed E-state index contributed by atoms with van der Waals surface area (Å²) in [6.45, 7) is 4.02. The lowest BCUT2D eigenvalue weighted by Crippen LogP contribution is -2.53. The van der Waals surface area contributed by atoms with E-state index in [2.05, 4.69) is 14.8 Å². The maximum atomic E-state index is 12.7. The normalized spacial score (nSPS) is 26.7. The third-order valence-electron chi connectivity index (χ3n) is 4.80. The number of hydrogen-bond acceptors (Lipinski definition) is 5. The molecule has 0 aromatic carbocycles. The number of piperazine rings is 1. The lowest BCUT2D eigenvalue weighted by atomic mass is 10.1. The maximum absolute atomic E-state index is 12.7. The third kappa shape index (κ3) is 2.83. The summed E-state index contributed by atoms with van der Waals surface area (Å²) in [6.07, 6.45) is 4.73. The second-order valence-corrected chi connectivity index (χ2v) is 6.20. The van der Waals surface area contributed by atoms with Gasteiger partial charge in [0.2, 0.25) is 11.9 Å². The highest BCUT2D eigenvalue weighted by atomic mass is 16.5. The number of imidazole rings is 1. The topological polar surface area (TPSA) is 53.8 Å². The Kier molecular flexibility index (Phi) is 4.35. The van der Waals surface area contributed by atoms with Crippen LogP contribution >= 0.6 is 0 Å². The molecule has 0 N–H and O–H groups in total. The van der Waals surface area contributed by atoms with Gasteiger partial charge in [0, 0.05) is 59.3 Å². The minimum atomic E-state index is -0.0374. The summed E-state index contributed by atoms with van der Waals surface area (Å²) in [4.78, 5) is 23.4. The van der Waals surface area contributed by atoms with Gasteiger partial charge < -0.3 is 19.1 Å². The van der Waals surface area contributed by atoms with Crippen molar-refractivity contribution in [1.29, 1.82) is 0 Å². The maximum Gasteiger partial charge on any atom is 0.240 e. The number of aromatic nitrogens is 2. The number of hydrogen-bond donors (Lipinski definition) is 0. The fourth-order valence-electron chi connectivity index (χ4n) is 3.41. The van der Waals surface area contributed by atoms with Crippen molar-refractivity contribution in [3.63, 3.8) is 0 Å². The van der Waals surface area contributed by atoms with Crippen LogP contribution in [0.15, 0.2) is 12.4 Å². The van der Waals surface area contributed by atoms with E-state index in [0.717, 1.165) is 45.1 Å². The largest absolute Gasteiger partial charge is 0.380 e. The Morgan fingerprint density at radius 2 is 2.00 bits per heavy atom. The molecule has 3 rings (SSSR count). The zero-order valence-corrected chi connectivity index (χ0v) is 13.6. The van der Waals surface area contributed by atoms with Gasteiger partial charge in [-0.1, -0.05) is 0 Å². The highest BCUT2D eigenvalue weighted by molar-refractivity contribution is 5.82. The predicted octanol–water partition coefficient (Wildman–Crippen LogP) is -0.212. The van der Waals surface area contributed by atoms with E-state index in [1.807, 2.05) is 36.0 Å². The van der Waals surface area contributed by atoms with E-state index < -0.39 is 0 Å². The number of carbonyl (C=O) groups is 1. The van der Waals surface area contributed by atoms with E-state index >= 15 is 0 Å². The van der Waals surface area contributed by atoms with Crippen molar-refractivity contribution < 1.29 is 9.53 Å². The van der Waals surface area contributed by atoms with Crippen molar-refractivity contribution in [3.8, 4) is 0 Å². The molecule has 2 atom stereocenters. The number of methoxy groups -OCH3 is 1. The Balaban J connectivity index is 1.57. The minimum absolute atomic E-state index is 0.0374. The first-order valence-electron chi connectivity index (χ1n) is 7.84. The van der Waals surface area contributed by atoms with E-state index in [9.17, 15) is 4.79 Å². The van der Waals surface area contributed by atoms with Crippen LogP contribution in [0.2, 0.25) is 0 Å². The highest BCUT2D eigenvalue weighted by Gasteiger charge is 2.37. The van der Waals surface area contributed by atoms with Crippen molar-refractivity contribution >= 4 is 11.9 Å². The van der Waals surface area contributed by atoms with Gasteiger partial charge >= 0.3 is 0 Å². The van der Waals surface area contributed by atoms with Crippen molar-refractivity contribution in [2.45, 2.75) is 18.6 Å². The summed E-state index contributed by atoms with van der Waals surface area (Å²) < 4.78 is 7.42. The van der Waals surface area contributed by atoms with Gasteiger partial charge in [0.05, 0.1) is 12.1 Å². The lowest BCUT2D eigenvalue weighted by Gasteiger charge is -2.37. The van der Waals surface area contributed by atoms with Crippen LogP contribution in [0.4, 0.5) is 5.95 Å². The van der Waals surface area contributed by atoms with Gasteiger partial charge in [0.1, 0.15) is 0 Å². The van der Waals surface area contributed by atoms with E-state index in [4.69, 9.17) is 4.74 Å². The molecular weight excluding hydrogens is 282 g/mol. The van der Waals surface area contributed by atoms with Crippen molar-refractivity contribution in [3.05, 3.63) is 12.4 Å². The first-order chi connectivity index (χ1) is 10.6. The first-order valence-corrected chi connectivity index (χ1v) is 7.84. The van der Waals surface area contributed by atoms with Gasteiger partial charge in [0.15, 0.2) is 0 Å². The van der Waals surface area contributed by atoms with E-state index in [0.29, 0.717) is 0 Å². The van der Waals surface area contributed by atoms with Crippen LogP contribution in [0.25, 0.3) is 0 Å². The summed E-state index contributed by atoms with van der Waals surface area (Å²) in [5, 5.41) is 0. The zero-order valence-electron chi connectivity index (χ0n) is 13.6. The molecule has 2 aliphatic heterocycles. The van der Waals surface area contributed by atoms with E-state index in [1.165, 1.54) is 0 Å². The van der Waals surface area contributed by atoms with Gasteiger partial charge in [-0.2, -0.15) is 0 Å². The van der Waals surface area contributed by atoms with Crippen LogP contribution in [0.1, 0.15) is 6.42 Å². The van der Waals surface area contributed by atoms with E-state index in [1.54, 1.807) is 7.11 Å². The van der Waals surface area contributed by atoms with Crippen molar-refractivity contribution in [2.24, 2.45) is 7.05 Å². The van der Waals surface area contributed by atoms with Crippen LogP contribution in [0.3, 0.4) is 0 Å². The first kappa shape index (κ1) is 15.3. The number of ether oxygens (including phenoxy) is 1. The summed E-state index contributed by atoms with van der Waals surface area (Å²) in [5.41, 5.74) is 0. The quantitative estimate of drug-likeness (QED) is 0.773. The Morgan fingerprint density at radius 1 is 1.27 bits per heavy atom. The molecule has 0 radical (unpaired) electrons. The Bertz CT molecular complexity index is 524. The summed E-state index contributed by atoms with van der Waals surface area (Å²) >= 11 is 0. The monoisotopic (exact) mass is 307 g/mol. The molecule has 0 aliphatic carbocycles. The van der Waals surface area contributed by atoms with Crippen LogP contribution < -0.4 is 4.90 Å². The average Bonchev–Trinajstić information content (AvgIpc) is 3.12. The van der Waals surface area contributed by atoms with E-state index in [-0.39, 0.29) is 18.1 Å². The van der Waals surface area contributed by atoms with Gasteiger partial charge in [0.25, 0.3) is 0 Å². The molecule has 22 heavy (non-hydrogen) atoms. The molecule has 1 aromatic rings. The highest BCUT2D eigenvalue weighted by Crippen LogP contribution is 2.21. The predicted molar refractivity (Wildman–Crippen MR) is 83.8 cm³/mol. The molecule has 2 saturated heterocycles. The Labute approximate surface area is 131 Å². The molecule has 122 valence electrons. The van der Waals surface area contributed by atoms with Crippen LogP contribution in [-0.4, -0.2) is 84.3 Å².